The van der Waals surface area contributed by atoms with Crippen molar-refractivity contribution in [2.45, 2.75) is 39.2 Å². The highest BCUT2D eigenvalue weighted by Crippen LogP contribution is 2.36. The molecule has 8 heteroatoms. The Balaban J connectivity index is 1.20. The van der Waals surface area contributed by atoms with Crippen LogP contribution < -0.4 is 5.32 Å². The Labute approximate surface area is 224 Å². The van der Waals surface area contributed by atoms with E-state index >= 15 is 0 Å². The molecule has 0 aromatic carbocycles. The molecule has 6 heterocycles. The van der Waals surface area contributed by atoms with E-state index in [9.17, 15) is 0 Å². The predicted octanol–water partition coefficient (Wildman–Crippen LogP) is 6.88. The number of pyridine rings is 3. The van der Waals surface area contributed by atoms with Gasteiger partial charge in [-0.3, -0.25) is 15.1 Å². The lowest BCUT2D eigenvalue weighted by Crippen LogP contribution is -2.20. The molecule has 6 aromatic rings. The Kier molecular flexibility index (Phi) is 5.98. The molecule has 0 atom stereocenters. The highest BCUT2D eigenvalue weighted by atomic mass is 32.1. The quantitative estimate of drug-likeness (QED) is 0.214. The summed E-state index contributed by atoms with van der Waals surface area (Å²) in [4.78, 5) is 19.7. The molecule has 0 amide bonds. The molecule has 7 nitrogen and oxygen atoms in total. The maximum absolute atomic E-state index is 4.66. The summed E-state index contributed by atoms with van der Waals surface area (Å²) in [5.41, 5.74) is 7.98. The summed E-state index contributed by atoms with van der Waals surface area (Å²) < 4.78 is 0. The van der Waals surface area contributed by atoms with Crippen LogP contribution in [0.4, 0.5) is 0 Å². The number of hydrogen-bond acceptors (Lipinski definition) is 6. The zero-order chi connectivity index (χ0) is 25.5. The summed E-state index contributed by atoms with van der Waals surface area (Å²) in [6.07, 6.45) is 15.0. The predicted molar refractivity (Wildman–Crippen MR) is 154 cm³/mol. The zero-order valence-electron chi connectivity index (χ0n) is 21.3. The van der Waals surface area contributed by atoms with Gasteiger partial charge in [0, 0.05) is 68.5 Å². The van der Waals surface area contributed by atoms with E-state index in [1.807, 2.05) is 31.0 Å². The van der Waals surface area contributed by atoms with E-state index in [1.54, 1.807) is 11.3 Å². The van der Waals surface area contributed by atoms with E-state index in [4.69, 9.17) is 0 Å². The van der Waals surface area contributed by atoms with Gasteiger partial charge in [-0.1, -0.05) is 12.8 Å². The first kappa shape index (κ1) is 23.3. The highest BCUT2D eigenvalue weighted by molar-refractivity contribution is 7.15. The van der Waals surface area contributed by atoms with E-state index in [-0.39, 0.29) is 0 Å². The molecular formula is C30H29N7S. The fourth-order valence-electron chi connectivity index (χ4n) is 5.60. The van der Waals surface area contributed by atoms with Crippen LogP contribution in [-0.4, -0.2) is 36.7 Å². The molecule has 1 fully saturated rings. The minimum atomic E-state index is 0.692. The molecule has 0 aliphatic heterocycles. The van der Waals surface area contributed by atoms with Crippen molar-refractivity contribution in [2.75, 3.05) is 6.54 Å². The van der Waals surface area contributed by atoms with Crippen molar-refractivity contribution >= 4 is 33.3 Å². The molecule has 0 saturated heterocycles. The molecule has 0 unspecified atom stereocenters. The number of aromatic amines is 2. The van der Waals surface area contributed by atoms with Crippen LogP contribution in [0.1, 0.15) is 36.1 Å². The van der Waals surface area contributed by atoms with E-state index < -0.39 is 0 Å². The largest absolute Gasteiger partial charge is 0.352 e. The van der Waals surface area contributed by atoms with Gasteiger partial charge in [-0.05, 0) is 68.1 Å². The lowest BCUT2D eigenvalue weighted by Gasteiger charge is -2.11. The van der Waals surface area contributed by atoms with Crippen LogP contribution in [0.3, 0.4) is 0 Å². The highest BCUT2D eigenvalue weighted by Gasteiger charge is 2.16. The van der Waals surface area contributed by atoms with Crippen molar-refractivity contribution in [3.63, 3.8) is 0 Å². The van der Waals surface area contributed by atoms with Gasteiger partial charge in [-0.2, -0.15) is 5.10 Å². The molecule has 1 saturated carbocycles. The molecular weight excluding hydrogens is 490 g/mol. The van der Waals surface area contributed by atoms with Gasteiger partial charge in [-0.15, -0.1) is 11.3 Å². The number of rotatable bonds is 7. The van der Waals surface area contributed by atoms with Gasteiger partial charge in [0.15, 0.2) is 5.65 Å². The molecule has 3 N–H and O–H groups in total. The summed E-state index contributed by atoms with van der Waals surface area (Å²) in [5, 5.41) is 13.4. The number of nitrogens with one attached hydrogen (secondary N) is 3. The minimum absolute atomic E-state index is 0.692. The van der Waals surface area contributed by atoms with Crippen LogP contribution in [0.25, 0.3) is 54.9 Å². The summed E-state index contributed by atoms with van der Waals surface area (Å²) in [7, 11) is 0. The van der Waals surface area contributed by atoms with Crippen molar-refractivity contribution in [2.24, 2.45) is 5.92 Å². The summed E-state index contributed by atoms with van der Waals surface area (Å²) in [5.74, 6) is 0.822. The van der Waals surface area contributed by atoms with Gasteiger partial charge in [0.25, 0.3) is 0 Å². The number of fused-ring (bicyclic) bond motifs is 2. The molecule has 1 aliphatic carbocycles. The third-order valence-corrected chi connectivity index (χ3v) is 8.63. The van der Waals surface area contributed by atoms with E-state index in [1.165, 1.54) is 41.0 Å². The van der Waals surface area contributed by atoms with Crippen molar-refractivity contribution < 1.29 is 0 Å². The second-order valence-electron chi connectivity index (χ2n) is 10.3. The molecule has 38 heavy (non-hydrogen) atoms. The van der Waals surface area contributed by atoms with Gasteiger partial charge < -0.3 is 10.3 Å². The zero-order valence-corrected chi connectivity index (χ0v) is 22.1. The van der Waals surface area contributed by atoms with Crippen LogP contribution in [0.2, 0.25) is 0 Å². The normalized spacial score (nSPS) is 14.2. The number of thiophene rings is 1. The fourth-order valence-corrected chi connectivity index (χ4v) is 6.49. The maximum Gasteiger partial charge on any atom is 0.181 e. The second kappa shape index (κ2) is 9.78. The van der Waals surface area contributed by atoms with Gasteiger partial charge in [0.2, 0.25) is 0 Å². The monoisotopic (exact) mass is 519 g/mol. The van der Waals surface area contributed by atoms with E-state index in [0.717, 1.165) is 63.4 Å². The molecule has 0 spiro atoms. The average molecular weight is 520 g/mol. The topological polar surface area (TPSA) is 95.2 Å². The molecule has 6 aromatic heterocycles. The first-order valence-electron chi connectivity index (χ1n) is 13.2. The summed E-state index contributed by atoms with van der Waals surface area (Å²) >= 11 is 1.78. The minimum Gasteiger partial charge on any atom is -0.352 e. The third-order valence-electron chi connectivity index (χ3n) is 7.60. The lowest BCUT2D eigenvalue weighted by molar-refractivity contribution is 0.489. The van der Waals surface area contributed by atoms with E-state index in [0.29, 0.717) is 5.65 Å². The Hall–Kier alpha value is -3.88. The van der Waals surface area contributed by atoms with Gasteiger partial charge in [0.05, 0.1) is 23.1 Å². The Bertz CT molecular complexity index is 1740. The standard InChI is InChI=1S/C30H29N7S/c1-18-6-7-28(38-18)25-16-33-17-27-23(25)10-26(35-27)29-24-9-22(15-34-30(24)37-36-29)21-8-20(13-32-14-21)12-31-11-19-4-2-3-5-19/h6-10,13-17,19,31,35H,2-5,11-12H2,1H3,(H,34,36,37). The Morgan fingerprint density at radius 3 is 2.68 bits per heavy atom. The average Bonchev–Trinajstić information content (AvgIpc) is 3.74. The third kappa shape index (κ3) is 4.40. The first-order valence-corrected chi connectivity index (χ1v) is 14.1. The number of H-pyrrole nitrogens is 2. The van der Waals surface area contributed by atoms with Crippen molar-refractivity contribution in [3.8, 4) is 33.0 Å². The number of hydrogen-bond donors (Lipinski definition) is 3. The number of nitrogens with zero attached hydrogens (tertiary/aromatic N) is 4. The van der Waals surface area contributed by atoms with Crippen LogP contribution in [-0.2, 0) is 6.54 Å². The summed E-state index contributed by atoms with van der Waals surface area (Å²) in [6, 6.07) is 10.9. The second-order valence-corrected chi connectivity index (χ2v) is 11.6. The number of aromatic nitrogens is 6. The van der Waals surface area contributed by atoms with Crippen LogP contribution >= 0.6 is 11.3 Å². The maximum atomic E-state index is 4.66. The SMILES string of the molecule is Cc1ccc(-c2cncc3[nH]c(-c4[nH]nc5ncc(-c6cncc(CNCC7CCCC7)c6)cc45)cc23)s1. The van der Waals surface area contributed by atoms with Crippen molar-refractivity contribution in [1.82, 2.24) is 35.5 Å². The molecule has 0 bridgehead atoms. The van der Waals surface area contributed by atoms with E-state index in [2.05, 4.69) is 72.7 Å². The van der Waals surface area contributed by atoms with Crippen LogP contribution in [0.5, 0.6) is 0 Å². The molecule has 0 radical (unpaired) electrons. The van der Waals surface area contributed by atoms with Crippen LogP contribution in [0, 0.1) is 12.8 Å². The molecule has 7 rings (SSSR count). The first-order chi connectivity index (χ1) is 18.7. The van der Waals surface area contributed by atoms with Crippen molar-refractivity contribution in [3.05, 3.63) is 71.8 Å². The van der Waals surface area contributed by atoms with Crippen LogP contribution in [0.15, 0.2) is 61.3 Å². The van der Waals surface area contributed by atoms with Gasteiger partial charge in [0.1, 0.15) is 0 Å². The molecule has 190 valence electrons. The summed E-state index contributed by atoms with van der Waals surface area (Å²) in [6.45, 7) is 4.05. The lowest BCUT2D eigenvalue weighted by atomic mass is 10.1. The van der Waals surface area contributed by atoms with Crippen molar-refractivity contribution in [1.29, 1.82) is 0 Å². The Morgan fingerprint density at radius 2 is 1.82 bits per heavy atom. The van der Waals surface area contributed by atoms with Gasteiger partial charge >= 0.3 is 0 Å². The Morgan fingerprint density at radius 1 is 0.947 bits per heavy atom. The van der Waals surface area contributed by atoms with Gasteiger partial charge in [-0.25, -0.2) is 4.98 Å². The molecule has 1 aliphatic rings. The fraction of sp³-hybridized carbons (Fsp3) is 0.267. The smallest absolute Gasteiger partial charge is 0.181 e. The number of aryl methyl sites for hydroxylation is 1.